The van der Waals surface area contributed by atoms with E-state index in [2.05, 4.69) is 0 Å². The molecular weight excluding hydrogens is 324 g/mol. The Morgan fingerprint density at radius 3 is 2.50 bits per heavy atom. The Hall–Kier alpha value is -2.59. The Kier molecular flexibility index (Phi) is 6.58. The SMILES string of the molecule is NC(=O)CCN(Cc1ccccc1)C(=O)/C=C/c1cccc(Cl)c1. The molecule has 0 unspecified atom stereocenters. The van der Waals surface area contributed by atoms with Gasteiger partial charge < -0.3 is 10.6 Å². The Balaban J connectivity index is 2.09. The number of nitrogens with zero attached hydrogens (tertiary/aromatic N) is 1. The molecule has 0 saturated heterocycles. The molecule has 5 heteroatoms. The van der Waals surface area contributed by atoms with Gasteiger partial charge in [0.2, 0.25) is 11.8 Å². The lowest BCUT2D eigenvalue weighted by Gasteiger charge is -2.20. The van der Waals surface area contributed by atoms with Crippen LogP contribution in [0, 0.1) is 0 Å². The van der Waals surface area contributed by atoms with Crippen molar-refractivity contribution in [1.82, 2.24) is 4.90 Å². The smallest absolute Gasteiger partial charge is 0.246 e. The Morgan fingerprint density at radius 1 is 1.08 bits per heavy atom. The molecule has 0 bridgehead atoms. The zero-order chi connectivity index (χ0) is 17.4. The topological polar surface area (TPSA) is 63.4 Å². The van der Waals surface area contributed by atoms with E-state index in [1.54, 1.807) is 23.1 Å². The number of carbonyl (C=O) groups excluding carboxylic acids is 2. The fourth-order valence-corrected chi connectivity index (χ4v) is 2.40. The number of amides is 2. The van der Waals surface area contributed by atoms with E-state index >= 15 is 0 Å². The molecule has 2 N–H and O–H groups in total. The molecular formula is C19H19ClN2O2. The summed E-state index contributed by atoms with van der Waals surface area (Å²) in [6.45, 7) is 0.704. The van der Waals surface area contributed by atoms with Gasteiger partial charge in [0.05, 0.1) is 0 Å². The summed E-state index contributed by atoms with van der Waals surface area (Å²) in [5.74, 6) is -0.611. The second-order valence-corrected chi connectivity index (χ2v) is 5.79. The first-order valence-electron chi connectivity index (χ1n) is 7.59. The molecule has 2 aromatic carbocycles. The van der Waals surface area contributed by atoms with Gasteiger partial charge in [0.25, 0.3) is 0 Å². The molecule has 0 spiro atoms. The molecule has 0 radical (unpaired) electrons. The minimum Gasteiger partial charge on any atom is -0.370 e. The monoisotopic (exact) mass is 342 g/mol. The highest BCUT2D eigenvalue weighted by Crippen LogP contribution is 2.12. The zero-order valence-electron chi connectivity index (χ0n) is 13.2. The summed E-state index contributed by atoms with van der Waals surface area (Å²) in [7, 11) is 0. The van der Waals surface area contributed by atoms with Crippen molar-refractivity contribution in [2.75, 3.05) is 6.54 Å². The molecule has 2 rings (SSSR count). The predicted octanol–water partition coefficient (Wildman–Crippen LogP) is 3.26. The van der Waals surface area contributed by atoms with Crippen LogP contribution in [0.15, 0.2) is 60.7 Å². The Bertz CT molecular complexity index is 729. The maximum absolute atomic E-state index is 12.5. The number of rotatable bonds is 7. The van der Waals surface area contributed by atoms with Crippen molar-refractivity contribution in [2.24, 2.45) is 5.73 Å². The number of hydrogen-bond donors (Lipinski definition) is 1. The first kappa shape index (κ1) is 17.8. The van der Waals surface area contributed by atoms with Crippen molar-refractivity contribution in [1.29, 1.82) is 0 Å². The summed E-state index contributed by atoms with van der Waals surface area (Å²) in [6.07, 6.45) is 3.32. The highest BCUT2D eigenvalue weighted by Gasteiger charge is 2.12. The number of carbonyl (C=O) groups is 2. The van der Waals surface area contributed by atoms with Gasteiger partial charge in [-0.05, 0) is 29.3 Å². The van der Waals surface area contributed by atoms with Crippen LogP contribution in [-0.4, -0.2) is 23.3 Å². The molecule has 2 amide bonds. The molecule has 0 fully saturated rings. The van der Waals surface area contributed by atoms with Gasteiger partial charge in [-0.2, -0.15) is 0 Å². The Morgan fingerprint density at radius 2 is 1.83 bits per heavy atom. The summed E-state index contributed by atoms with van der Waals surface area (Å²) < 4.78 is 0. The predicted molar refractivity (Wildman–Crippen MR) is 96.2 cm³/mol. The number of nitrogens with two attached hydrogens (primary N) is 1. The van der Waals surface area contributed by atoms with Crippen molar-refractivity contribution in [3.8, 4) is 0 Å². The van der Waals surface area contributed by atoms with Gasteiger partial charge in [-0.25, -0.2) is 0 Å². The lowest BCUT2D eigenvalue weighted by molar-refractivity contribution is -0.127. The van der Waals surface area contributed by atoms with Crippen LogP contribution >= 0.6 is 11.6 Å². The van der Waals surface area contributed by atoms with Crippen LogP contribution in [0.5, 0.6) is 0 Å². The fraction of sp³-hybridized carbons (Fsp3) is 0.158. The van der Waals surface area contributed by atoms with E-state index in [0.717, 1.165) is 11.1 Å². The molecule has 0 saturated carbocycles. The second-order valence-electron chi connectivity index (χ2n) is 5.35. The lowest BCUT2D eigenvalue weighted by Crippen LogP contribution is -2.32. The van der Waals surface area contributed by atoms with Gasteiger partial charge in [-0.3, -0.25) is 9.59 Å². The molecule has 124 valence electrons. The fourth-order valence-electron chi connectivity index (χ4n) is 2.20. The average Bonchev–Trinajstić information content (AvgIpc) is 2.57. The maximum atomic E-state index is 12.5. The van der Waals surface area contributed by atoms with Gasteiger partial charge in [0.15, 0.2) is 0 Å². The summed E-state index contributed by atoms with van der Waals surface area (Å²) in [5.41, 5.74) is 7.04. The summed E-state index contributed by atoms with van der Waals surface area (Å²) in [6, 6.07) is 16.8. The molecule has 0 aliphatic rings. The van der Waals surface area contributed by atoms with Gasteiger partial charge in [-0.15, -0.1) is 0 Å². The number of halogens is 1. The van der Waals surface area contributed by atoms with E-state index < -0.39 is 5.91 Å². The van der Waals surface area contributed by atoms with Crippen molar-refractivity contribution in [3.05, 3.63) is 76.8 Å². The minimum absolute atomic E-state index is 0.129. The molecule has 0 atom stereocenters. The van der Waals surface area contributed by atoms with Crippen molar-refractivity contribution in [3.63, 3.8) is 0 Å². The normalized spacial score (nSPS) is 10.7. The van der Waals surface area contributed by atoms with E-state index in [1.807, 2.05) is 42.5 Å². The maximum Gasteiger partial charge on any atom is 0.246 e. The van der Waals surface area contributed by atoms with Gasteiger partial charge in [0.1, 0.15) is 0 Å². The van der Waals surface area contributed by atoms with E-state index in [1.165, 1.54) is 6.08 Å². The average molecular weight is 343 g/mol. The molecule has 0 aliphatic carbocycles. The van der Waals surface area contributed by atoms with E-state index in [4.69, 9.17) is 17.3 Å². The molecule has 24 heavy (non-hydrogen) atoms. The van der Waals surface area contributed by atoms with Crippen LogP contribution in [-0.2, 0) is 16.1 Å². The third-order valence-electron chi connectivity index (χ3n) is 3.42. The van der Waals surface area contributed by atoms with Crippen LogP contribution in [0.4, 0.5) is 0 Å². The largest absolute Gasteiger partial charge is 0.370 e. The van der Waals surface area contributed by atoms with Crippen LogP contribution in [0.3, 0.4) is 0 Å². The summed E-state index contributed by atoms with van der Waals surface area (Å²) in [4.78, 5) is 25.1. The first-order valence-corrected chi connectivity index (χ1v) is 7.97. The van der Waals surface area contributed by atoms with E-state index in [-0.39, 0.29) is 18.9 Å². The quantitative estimate of drug-likeness (QED) is 0.785. The Labute approximate surface area is 146 Å². The van der Waals surface area contributed by atoms with Crippen LogP contribution in [0.2, 0.25) is 5.02 Å². The highest BCUT2D eigenvalue weighted by atomic mass is 35.5. The summed E-state index contributed by atoms with van der Waals surface area (Å²) >= 11 is 5.93. The van der Waals surface area contributed by atoms with Crippen molar-refractivity contribution >= 4 is 29.5 Å². The molecule has 2 aromatic rings. The second kappa shape index (κ2) is 8.89. The third kappa shape index (κ3) is 5.89. The molecule has 4 nitrogen and oxygen atoms in total. The van der Waals surface area contributed by atoms with Crippen LogP contribution in [0.25, 0.3) is 6.08 Å². The van der Waals surface area contributed by atoms with Gasteiger partial charge in [0, 0.05) is 30.6 Å². The van der Waals surface area contributed by atoms with Gasteiger partial charge in [-0.1, -0.05) is 54.1 Å². The van der Waals surface area contributed by atoms with E-state index in [0.29, 0.717) is 11.6 Å². The van der Waals surface area contributed by atoms with Crippen molar-refractivity contribution in [2.45, 2.75) is 13.0 Å². The zero-order valence-corrected chi connectivity index (χ0v) is 13.9. The standard InChI is InChI=1S/C19H19ClN2O2/c20-17-8-4-7-15(13-17)9-10-19(24)22(12-11-18(21)23)14-16-5-2-1-3-6-16/h1-10,13H,11-12,14H2,(H2,21,23)/b10-9+. The number of benzene rings is 2. The van der Waals surface area contributed by atoms with E-state index in [9.17, 15) is 9.59 Å². The number of primary amides is 1. The van der Waals surface area contributed by atoms with Gasteiger partial charge >= 0.3 is 0 Å². The molecule has 0 aromatic heterocycles. The first-order chi connectivity index (χ1) is 11.5. The lowest BCUT2D eigenvalue weighted by atomic mass is 10.2. The van der Waals surface area contributed by atoms with Crippen LogP contribution < -0.4 is 5.73 Å². The molecule has 0 heterocycles. The highest BCUT2D eigenvalue weighted by molar-refractivity contribution is 6.30. The number of hydrogen-bond acceptors (Lipinski definition) is 2. The summed E-state index contributed by atoms with van der Waals surface area (Å²) in [5, 5.41) is 0.611. The third-order valence-corrected chi connectivity index (χ3v) is 3.66. The van der Waals surface area contributed by atoms with Crippen molar-refractivity contribution < 1.29 is 9.59 Å². The van der Waals surface area contributed by atoms with Crippen LogP contribution in [0.1, 0.15) is 17.5 Å². The molecule has 0 aliphatic heterocycles. The minimum atomic E-state index is -0.431.